The van der Waals surface area contributed by atoms with Crippen LogP contribution in [-0.2, 0) is 4.74 Å². The summed E-state index contributed by atoms with van der Waals surface area (Å²) >= 11 is 0. The SMILES string of the molecule is Cc1cc(C)c(C(=O)OC(C)(C)C)c(N)c1. The number of carbonyl (C=O) groups excluding carboxylic acids is 1. The largest absolute Gasteiger partial charge is 0.456 e. The summed E-state index contributed by atoms with van der Waals surface area (Å²) in [4.78, 5) is 11.9. The first-order valence-electron chi connectivity index (χ1n) is 5.31. The summed E-state index contributed by atoms with van der Waals surface area (Å²) in [5.41, 5.74) is 8.19. The van der Waals surface area contributed by atoms with Crippen molar-refractivity contribution in [1.82, 2.24) is 0 Å². The fourth-order valence-electron chi connectivity index (χ4n) is 1.61. The number of anilines is 1. The number of nitrogens with two attached hydrogens (primary N) is 1. The zero-order valence-electron chi connectivity index (χ0n) is 10.5. The quantitative estimate of drug-likeness (QED) is 0.586. The monoisotopic (exact) mass is 221 g/mol. The van der Waals surface area contributed by atoms with Crippen LogP contribution in [0.15, 0.2) is 12.1 Å². The van der Waals surface area contributed by atoms with Crippen LogP contribution in [0.25, 0.3) is 0 Å². The van der Waals surface area contributed by atoms with E-state index in [4.69, 9.17) is 10.5 Å². The Morgan fingerprint density at radius 2 is 1.81 bits per heavy atom. The van der Waals surface area contributed by atoms with Crippen LogP contribution in [0.3, 0.4) is 0 Å². The lowest BCUT2D eigenvalue weighted by Gasteiger charge is -2.21. The van der Waals surface area contributed by atoms with Crippen molar-refractivity contribution in [3.8, 4) is 0 Å². The second-order valence-electron chi connectivity index (χ2n) is 5.05. The Morgan fingerprint density at radius 1 is 1.25 bits per heavy atom. The molecule has 0 aliphatic carbocycles. The number of hydrogen-bond donors (Lipinski definition) is 1. The maximum atomic E-state index is 11.9. The smallest absolute Gasteiger partial charge is 0.341 e. The van der Waals surface area contributed by atoms with Crippen LogP contribution >= 0.6 is 0 Å². The lowest BCUT2D eigenvalue weighted by Crippen LogP contribution is -2.25. The molecule has 0 aliphatic heterocycles. The molecule has 3 heteroatoms. The van der Waals surface area contributed by atoms with E-state index in [9.17, 15) is 4.79 Å². The molecular weight excluding hydrogens is 202 g/mol. The van der Waals surface area contributed by atoms with Gasteiger partial charge in [-0.15, -0.1) is 0 Å². The van der Waals surface area contributed by atoms with E-state index in [0.29, 0.717) is 11.3 Å². The highest BCUT2D eigenvalue weighted by Gasteiger charge is 2.21. The van der Waals surface area contributed by atoms with Gasteiger partial charge in [0.2, 0.25) is 0 Å². The number of carbonyl (C=O) groups is 1. The van der Waals surface area contributed by atoms with E-state index in [1.54, 1.807) is 6.07 Å². The van der Waals surface area contributed by atoms with Gasteiger partial charge >= 0.3 is 5.97 Å². The summed E-state index contributed by atoms with van der Waals surface area (Å²) in [7, 11) is 0. The van der Waals surface area contributed by atoms with Crippen molar-refractivity contribution in [2.45, 2.75) is 40.2 Å². The molecule has 16 heavy (non-hydrogen) atoms. The molecule has 0 heterocycles. The van der Waals surface area contributed by atoms with Crippen molar-refractivity contribution in [3.05, 3.63) is 28.8 Å². The average molecular weight is 221 g/mol. The molecule has 0 spiro atoms. The Kier molecular flexibility index (Phi) is 3.27. The van der Waals surface area contributed by atoms with Crippen LogP contribution in [0, 0.1) is 13.8 Å². The van der Waals surface area contributed by atoms with Crippen molar-refractivity contribution < 1.29 is 9.53 Å². The Balaban J connectivity index is 3.10. The first kappa shape index (κ1) is 12.6. The second-order valence-corrected chi connectivity index (χ2v) is 5.05. The van der Waals surface area contributed by atoms with Gasteiger partial charge in [0.15, 0.2) is 0 Å². The average Bonchev–Trinajstić information content (AvgIpc) is 1.96. The van der Waals surface area contributed by atoms with Crippen LogP contribution in [0.5, 0.6) is 0 Å². The molecule has 0 saturated heterocycles. The van der Waals surface area contributed by atoms with Crippen LogP contribution < -0.4 is 5.73 Å². The van der Waals surface area contributed by atoms with Gasteiger partial charge in [0.05, 0.1) is 5.56 Å². The highest BCUT2D eigenvalue weighted by Crippen LogP contribution is 2.22. The van der Waals surface area contributed by atoms with Crippen LogP contribution in [0.2, 0.25) is 0 Å². The van der Waals surface area contributed by atoms with Gasteiger partial charge < -0.3 is 10.5 Å². The minimum atomic E-state index is -0.499. The maximum Gasteiger partial charge on any atom is 0.341 e. The van der Waals surface area contributed by atoms with Gasteiger partial charge in [-0.1, -0.05) is 6.07 Å². The number of aryl methyl sites for hydroxylation is 2. The summed E-state index contributed by atoms with van der Waals surface area (Å²) < 4.78 is 5.31. The van der Waals surface area contributed by atoms with Crippen LogP contribution in [-0.4, -0.2) is 11.6 Å². The maximum absolute atomic E-state index is 11.9. The highest BCUT2D eigenvalue weighted by atomic mass is 16.6. The molecule has 0 aromatic heterocycles. The highest BCUT2D eigenvalue weighted by molar-refractivity contribution is 5.97. The summed E-state index contributed by atoms with van der Waals surface area (Å²) in [5, 5.41) is 0. The third-order valence-corrected chi connectivity index (χ3v) is 2.11. The molecule has 2 N–H and O–H groups in total. The minimum Gasteiger partial charge on any atom is -0.456 e. The fraction of sp³-hybridized carbons (Fsp3) is 0.462. The molecule has 0 unspecified atom stereocenters. The molecule has 0 radical (unpaired) electrons. The van der Waals surface area contributed by atoms with Gasteiger partial charge in [0, 0.05) is 5.69 Å². The van der Waals surface area contributed by atoms with Gasteiger partial charge in [-0.2, -0.15) is 0 Å². The summed E-state index contributed by atoms with van der Waals surface area (Å²) in [5.74, 6) is -0.359. The Hall–Kier alpha value is -1.51. The minimum absolute atomic E-state index is 0.359. The van der Waals surface area contributed by atoms with E-state index in [2.05, 4.69) is 0 Å². The summed E-state index contributed by atoms with van der Waals surface area (Å²) in [6.45, 7) is 9.32. The van der Waals surface area contributed by atoms with E-state index in [1.807, 2.05) is 40.7 Å². The molecule has 1 rings (SSSR count). The van der Waals surface area contributed by atoms with Crippen molar-refractivity contribution in [2.75, 3.05) is 5.73 Å². The fourth-order valence-corrected chi connectivity index (χ4v) is 1.61. The lowest BCUT2D eigenvalue weighted by molar-refractivity contribution is 0.00701. The molecule has 0 fully saturated rings. The number of esters is 1. The molecule has 1 aromatic carbocycles. The normalized spacial score (nSPS) is 11.3. The predicted octanol–water partition coefficient (Wildman–Crippen LogP) is 2.84. The van der Waals surface area contributed by atoms with Gasteiger partial charge in [-0.3, -0.25) is 0 Å². The Bertz CT molecular complexity index is 393. The molecule has 0 aliphatic rings. The molecule has 3 nitrogen and oxygen atoms in total. The topological polar surface area (TPSA) is 52.3 Å². The molecule has 0 bridgehead atoms. The van der Waals surface area contributed by atoms with Gasteiger partial charge in [-0.25, -0.2) is 4.79 Å². The van der Waals surface area contributed by atoms with E-state index >= 15 is 0 Å². The molecule has 0 amide bonds. The number of hydrogen-bond acceptors (Lipinski definition) is 3. The van der Waals surface area contributed by atoms with Gasteiger partial charge in [0.1, 0.15) is 5.60 Å². The second kappa shape index (κ2) is 4.16. The zero-order chi connectivity index (χ0) is 12.5. The van der Waals surface area contributed by atoms with Crippen LogP contribution in [0.4, 0.5) is 5.69 Å². The first-order chi connectivity index (χ1) is 7.20. The number of ether oxygens (including phenoxy) is 1. The molecular formula is C13H19NO2. The lowest BCUT2D eigenvalue weighted by atomic mass is 10.0. The summed E-state index contributed by atoms with van der Waals surface area (Å²) in [6, 6.07) is 3.71. The molecule has 0 atom stereocenters. The first-order valence-corrected chi connectivity index (χ1v) is 5.31. The number of rotatable bonds is 1. The van der Waals surface area contributed by atoms with Crippen LogP contribution in [0.1, 0.15) is 42.3 Å². The predicted molar refractivity (Wildman–Crippen MR) is 65.5 cm³/mol. The van der Waals surface area contributed by atoms with Gasteiger partial charge in [-0.05, 0) is 51.8 Å². The van der Waals surface area contributed by atoms with E-state index < -0.39 is 5.60 Å². The third-order valence-electron chi connectivity index (χ3n) is 2.11. The van der Waals surface area contributed by atoms with E-state index in [0.717, 1.165) is 11.1 Å². The molecule has 1 aromatic rings. The molecule has 0 saturated carbocycles. The van der Waals surface area contributed by atoms with Crippen molar-refractivity contribution >= 4 is 11.7 Å². The number of benzene rings is 1. The van der Waals surface area contributed by atoms with Crippen molar-refractivity contribution in [2.24, 2.45) is 0 Å². The van der Waals surface area contributed by atoms with Crippen molar-refractivity contribution in [1.29, 1.82) is 0 Å². The standard InChI is InChI=1S/C13H19NO2/c1-8-6-9(2)11(10(14)7-8)12(15)16-13(3,4)5/h6-7H,14H2,1-5H3. The Morgan fingerprint density at radius 3 is 2.25 bits per heavy atom. The van der Waals surface area contributed by atoms with Crippen molar-refractivity contribution in [3.63, 3.8) is 0 Å². The zero-order valence-corrected chi connectivity index (χ0v) is 10.5. The summed E-state index contributed by atoms with van der Waals surface area (Å²) in [6.07, 6.45) is 0. The Labute approximate surface area is 96.6 Å². The van der Waals surface area contributed by atoms with E-state index in [-0.39, 0.29) is 5.97 Å². The third kappa shape index (κ3) is 2.99. The van der Waals surface area contributed by atoms with Gasteiger partial charge in [0.25, 0.3) is 0 Å². The molecule has 88 valence electrons. The number of nitrogen functional groups attached to an aromatic ring is 1. The van der Waals surface area contributed by atoms with E-state index in [1.165, 1.54) is 0 Å².